The van der Waals surface area contributed by atoms with E-state index in [-0.39, 0.29) is 17.0 Å². The SMILES string of the molecule is Cc1cc(Cl)ccc1NC(=O)COc1ccc(C=O)cc1[N+](=O)[O-]. The number of rotatable bonds is 6. The number of aldehydes is 1. The topological polar surface area (TPSA) is 98.5 Å². The number of nitro benzene ring substituents is 1. The highest BCUT2D eigenvalue weighted by molar-refractivity contribution is 6.30. The lowest BCUT2D eigenvalue weighted by Gasteiger charge is -2.10. The average molecular weight is 349 g/mol. The molecule has 1 amide bonds. The van der Waals surface area contributed by atoms with Gasteiger partial charge in [-0.2, -0.15) is 0 Å². The second kappa shape index (κ2) is 7.56. The summed E-state index contributed by atoms with van der Waals surface area (Å²) in [7, 11) is 0. The molecule has 7 nitrogen and oxygen atoms in total. The molecular formula is C16H13ClN2O5. The Kier molecular flexibility index (Phi) is 5.49. The standard InChI is InChI=1S/C16H13ClN2O5/c1-10-6-12(17)3-4-13(10)18-16(21)9-24-15-5-2-11(8-20)7-14(15)19(22)23/h2-8H,9H2,1H3,(H,18,21). The Morgan fingerprint density at radius 1 is 1.33 bits per heavy atom. The summed E-state index contributed by atoms with van der Waals surface area (Å²) in [5.74, 6) is -0.567. The second-order valence-corrected chi connectivity index (χ2v) is 5.33. The maximum absolute atomic E-state index is 11.9. The molecule has 0 radical (unpaired) electrons. The van der Waals surface area contributed by atoms with Gasteiger partial charge in [-0.15, -0.1) is 0 Å². The highest BCUT2D eigenvalue weighted by Crippen LogP contribution is 2.27. The van der Waals surface area contributed by atoms with E-state index in [1.54, 1.807) is 25.1 Å². The lowest BCUT2D eigenvalue weighted by molar-refractivity contribution is -0.385. The summed E-state index contributed by atoms with van der Waals surface area (Å²) in [6.45, 7) is 1.37. The zero-order valence-corrected chi connectivity index (χ0v) is 13.4. The number of ether oxygens (including phenoxy) is 1. The first-order valence-electron chi connectivity index (χ1n) is 6.83. The molecule has 0 aliphatic heterocycles. The molecule has 8 heteroatoms. The van der Waals surface area contributed by atoms with Crippen molar-refractivity contribution in [2.24, 2.45) is 0 Å². The smallest absolute Gasteiger partial charge is 0.311 e. The first-order valence-corrected chi connectivity index (χ1v) is 7.21. The van der Waals surface area contributed by atoms with Gasteiger partial charge in [0.2, 0.25) is 0 Å². The summed E-state index contributed by atoms with van der Waals surface area (Å²) in [6.07, 6.45) is 0.493. The number of aryl methyl sites for hydroxylation is 1. The highest BCUT2D eigenvalue weighted by atomic mass is 35.5. The Hall–Kier alpha value is -2.93. The zero-order valence-electron chi connectivity index (χ0n) is 12.6. The van der Waals surface area contributed by atoms with Crippen LogP contribution in [0.3, 0.4) is 0 Å². The largest absolute Gasteiger partial charge is 0.477 e. The molecule has 0 aliphatic rings. The fourth-order valence-electron chi connectivity index (χ4n) is 1.97. The van der Waals surface area contributed by atoms with Crippen LogP contribution in [0.2, 0.25) is 5.02 Å². The summed E-state index contributed by atoms with van der Waals surface area (Å²) in [6, 6.07) is 8.72. The fraction of sp³-hybridized carbons (Fsp3) is 0.125. The number of anilines is 1. The van der Waals surface area contributed by atoms with Gasteiger partial charge in [-0.1, -0.05) is 11.6 Å². The number of carbonyl (C=O) groups is 2. The Morgan fingerprint density at radius 2 is 2.08 bits per heavy atom. The van der Waals surface area contributed by atoms with Crippen LogP contribution in [0.15, 0.2) is 36.4 Å². The van der Waals surface area contributed by atoms with Crippen LogP contribution in [0.4, 0.5) is 11.4 Å². The third kappa shape index (κ3) is 4.30. The molecule has 0 fully saturated rings. The number of nitrogens with zero attached hydrogens (tertiary/aromatic N) is 1. The molecule has 0 atom stereocenters. The van der Waals surface area contributed by atoms with Gasteiger partial charge in [0.25, 0.3) is 5.91 Å². The van der Waals surface area contributed by atoms with Crippen molar-refractivity contribution in [3.63, 3.8) is 0 Å². The van der Waals surface area contributed by atoms with Gasteiger partial charge in [0.05, 0.1) is 4.92 Å². The van der Waals surface area contributed by atoms with Gasteiger partial charge in [-0.3, -0.25) is 19.7 Å². The number of nitro groups is 1. The van der Waals surface area contributed by atoms with E-state index in [1.165, 1.54) is 12.1 Å². The number of amides is 1. The molecule has 0 spiro atoms. The Bertz CT molecular complexity index is 807. The van der Waals surface area contributed by atoms with E-state index < -0.39 is 17.4 Å². The fourth-order valence-corrected chi connectivity index (χ4v) is 2.20. The van der Waals surface area contributed by atoms with E-state index in [9.17, 15) is 19.7 Å². The van der Waals surface area contributed by atoms with Gasteiger partial charge < -0.3 is 10.1 Å². The number of halogens is 1. The maximum Gasteiger partial charge on any atom is 0.311 e. The van der Waals surface area contributed by atoms with Crippen LogP contribution in [-0.2, 0) is 4.79 Å². The van der Waals surface area contributed by atoms with Crippen LogP contribution in [0.5, 0.6) is 5.75 Å². The Labute approximate surface area is 142 Å². The minimum absolute atomic E-state index is 0.0893. The molecule has 0 saturated carbocycles. The summed E-state index contributed by atoms with van der Waals surface area (Å²) in [5, 5.41) is 14.2. The van der Waals surface area contributed by atoms with Crippen LogP contribution in [0.1, 0.15) is 15.9 Å². The first kappa shape index (κ1) is 17.4. The van der Waals surface area contributed by atoms with Crippen molar-refractivity contribution in [2.75, 3.05) is 11.9 Å². The second-order valence-electron chi connectivity index (χ2n) is 4.90. The molecule has 2 aromatic rings. The van der Waals surface area contributed by atoms with Crippen molar-refractivity contribution >= 4 is 35.2 Å². The molecule has 2 rings (SSSR count). The predicted octanol–water partition coefficient (Wildman–Crippen LogP) is 3.39. The molecular weight excluding hydrogens is 336 g/mol. The molecule has 0 saturated heterocycles. The third-order valence-corrected chi connectivity index (χ3v) is 3.37. The molecule has 1 N–H and O–H groups in total. The van der Waals surface area contributed by atoms with E-state index in [0.29, 0.717) is 17.0 Å². The predicted molar refractivity (Wildman–Crippen MR) is 88.8 cm³/mol. The number of hydrogen-bond donors (Lipinski definition) is 1. The summed E-state index contributed by atoms with van der Waals surface area (Å²) < 4.78 is 5.20. The van der Waals surface area contributed by atoms with E-state index in [1.807, 2.05) is 0 Å². The van der Waals surface area contributed by atoms with Crippen LogP contribution in [0.25, 0.3) is 0 Å². The molecule has 0 unspecified atom stereocenters. The summed E-state index contributed by atoms with van der Waals surface area (Å²) >= 11 is 5.84. The van der Waals surface area contributed by atoms with Crippen molar-refractivity contribution in [3.05, 3.63) is 62.7 Å². The van der Waals surface area contributed by atoms with E-state index >= 15 is 0 Å². The zero-order chi connectivity index (χ0) is 17.7. The lowest BCUT2D eigenvalue weighted by atomic mass is 10.2. The van der Waals surface area contributed by atoms with Gasteiger partial charge in [-0.25, -0.2) is 0 Å². The molecule has 0 aromatic heterocycles. The van der Waals surface area contributed by atoms with Crippen molar-refractivity contribution in [3.8, 4) is 5.75 Å². The number of benzene rings is 2. The quantitative estimate of drug-likeness (QED) is 0.490. The van der Waals surface area contributed by atoms with Crippen LogP contribution in [0, 0.1) is 17.0 Å². The number of carbonyl (C=O) groups excluding carboxylic acids is 2. The lowest BCUT2D eigenvalue weighted by Crippen LogP contribution is -2.21. The van der Waals surface area contributed by atoms with Crippen molar-refractivity contribution in [1.29, 1.82) is 0 Å². The monoisotopic (exact) mass is 348 g/mol. The summed E-state index contributed by atoms with van der Waals surface area (Å²) in [4.78, 5) is 32.9. The summed E-state index contributed by atoms with van der Waals surface area (Å²) in [5.41, 5.74) is 1.11. The number of nitrogens with one attached hydrogen (secondary N) is 1. The average Bonchev–Trinajstić information content (AvgIpc) is 2.55. The van der Waals surface area contributed by atoms with Crippen molar-refractivity contribution in [2.45, 2.75) is 6.92 Å². The molecule has 0 aliphatic carbocycles. The highest BCUT2D eigenvalue weighted by Gasteiger charge is 2.17. The van der Waals surface area contributed by atoms with E-state index in [4.69, 9.17) is 16.3 Å². The molecule has 24 heavy (non-hydrogen) atoms. The molecule has 0 bridgehead atoms. The van der Waals surface area contributed by atoms with Crippen molar-refractivity contribution < 1.29 is 19.2 Å². The third-order valence-electron chi connectivity index (χ3n) is 3.14. The van der Waals surface area contributed by atoms with E-state index in [2.05, 4.69) is 5.32 Å². The van der Waals surface area contributed by atoms with E-state index in [0.717, 1.165) is 11.6 Å². The molecule has 124 valence electrons. The normalized spacial score (nSPS) is 10.1. The van der Waals surface area contributed by atoms with Crippen LogP contribution < -0.4 is 10.1 Å². The Morgan fingerprint density at radius 3 is 2.71 bits per heavy atom. The number of hydrogen-bond acceptors (Lipinski definition) is 5. The van der Waals surface area contributed by atoms with Crippen molar-refractivity contribution in [1.82, 2.24) is 0 Å². The minimum Gasteiger partial charge on any atom is -0.477 e. The van der Waals surface area contributed by atoms with Crippen LogP contribution >= 0.6 is 11.6 Å². The van der Waals surface area contributed by atoms with Gasteiger partial charge in [0, 0.05) is 22.3 Å². The van der Waals surface area contributed by atoms with Gasteiger partial charge in [0.1, 0.15) is 6.29 Å². The molecule has 2 aromatic carbocycles. The van der Waals surface area contributed by atoms with Gasteiger partial charge >= 0.3 is 5.69 Å². The van der Waals surface area contributed by atoms with Crippen LogP contribution in [-0.4, -0.2) is 23.7 Å². The van der Waals surface area contributed by atoms with Gasteiger partial charge in [-0.05, 0) is 42.8 Å². The first-order chi connectivity index (χ1) is 11.4. The Balaban J connectivity index is 2.06. The minimum atomic E-state index is -0.677. The molecule has 0 heterocycles. The van der Waals surface area contributed by atoms with Gasteiger partial charge in [0.15, 0.2) is 12.4 Å². The maximum atomic E-state index is 11.9.